The van der Waals surface area contributed by atoms with Crippen LogP contribution < -0.4 is 0 Å². The number of aromatic nitrogens is 4. The third-order valence-corrected chi connectivity index (χ3v) is 6.07. The minimum absolute atomic E-state index is 0.0765. The van der Waals surface area contributed by atoms with E-state index in [0.717, 1.165) is 0 Å². The number of aromatic amines is 1. The number of Topliss-reactive ketones (excluding diaryl/α,β-unsaturated/α-hetero) is 1. The van der Waals surface area contributed by atoms with Gasteiger partial charge in [-0.05, 0) is 25.1 Å². The second kappa shape index (κ2) is 8.86. The van der Waals surface area contributed by atoms with Crippen LogP contribution >= 0.6 is 0 Å². The normalized spacial score (nSPS) is 16.0. The minimum Gasteiger partial charge on any atom is -0.359 e. The molecule has 5 rings (SSSR count). The molecule has 34 heavy (non-hydrogen) atoms. The predicted octanol–water partition coefficient (Wildman–Crippen LogP) is 2.58. The van der Waals surface area contributed by atoms with E-state index in [2.05, 4.69) is 19.9 Å². The molecule has 0 radical (unpaired) electrons. The lowest BCUT2D eigenvalue weighted by molar-refractivity contribution is -0.130. The molecule has 0 aliphatic carbocycles. The number of carbonyl (C=O) groups is 3. The zero-order valence-electron chi connectivity index (χ0n) is 18.5. The number of benzene rings is 1. The van der Waals surface area contributed by atoms with Crippen molar-refractivity contribution in [3.8, 4) is 11.3 Å². The van der Waals surface area contributed by atoms with Gasteiger partial charge in [-0.1, -0.05) is 18.2 Å². The summed E-state index contributed by atoms with van der Waals surface area (Å²) >= 11 is 0. The molecule has 1 N–H and O–H groups in total. The highest BCUT2D eigenvalue weighted by Crippen LogP contribution is 2.27. The molecule has 2 amide bonds. The molecule has 9 heteroatoms. The first-order valence-corrected chi connectivity index (χ1v) is 11.0. The van der Waals surface area contributed by atoms with Crippen molar-refractivity contribution in [2.24, 2.45) is 0 Å². The SMILES string of the molecule is C[C@@H]1CN(C(=O)c2ccccc2)CCN1C(=O)C(=O)c1c[nH]c2c(-c3cncnc3)nccc12. The Labute approximate surface area is 195 Å². The van der Waals surface area contributed by atoms with E-state index in [9.17, 15) is 14.4 Å². The topological polar surface area (TPSA) is 112 Å². The highest BCUT2D eigenvalue weighted by Gasteiger charge is 2.34. The Kier molecular flexibility index (Phi) is 5.59. The number of amides is 2. The quantitative estimate of drug-likeness (QED) is 0.375. The Bertz CT molecular complexity index is 1370. The summed E-state index contributed by atoms with van der Waals surface area (Å²) in [6, 6.07) is 10.5. The lowest BCUT2D eigenvalue weighted by Crippen LogP contribution is -2.56. The zero-order chi connectivity index (χ0) is 23.7. The molecule has 4 heterocycles. The molecule has 1 atom stereocenters. The fourth-order valence-electron chi connectivity index (χ4n) is 4.34. The number of hydrogen-bond donors (Lipinski definition) is 1. The molecule has 0 bridgehead atoms. The standard InChI is InChI=1S/C25H22N6O3/c1-16-14-30(24(33)17-5-3-2-4-6-17)9-10-31(16)25(34)23(32)20-13-29-22-19(20)7-8-28-21(22)18-11-26-15-27-12-18/h2-8,11-13,15-16,29H,9-10,14H2,1H3/t16-/m1/s1. The van der Waals surface area contributed by atoms with Crippen LogP contribution in [-0.4, -0.2) is 73.0 Å². The lowest BCUT2D eigenvalue weighted by Gasteiger charge is -2.39. The Morgan fingerprint density at radius 1 is 1.03 bits per heavy atom. The second-order valence-corrected chi connectivity index (χ2v) is 8.21. The van der Waals surface area contributed by atoms with E-state index in [4.69, 9.17) is 0 Å². The zero-order valence-corrected chi connectivity index (χ0v) is 18.5. The summed E-state index contributed by atoms with van der Waals surface area (Å²) in [5.41, 5.74) is 2.84. The van der Waals surface area contributed by atoms with Crippen LogP contribution in [0.2, 0.25) is 0 Å². The number of fused-ring (bicyclic) bond motifs is 1. The monoisotopic (exact) mass is 454 g/mol. The van der Waals surface area contributed by atoms with Crippen molar-refractivity contribution < 1.29 is 14.4 Å². The van der Waals surface area contributed by atoms with Gasteiger partial charge in [0.05, 0.1) is 16.8 Å². The van der Waals surface area contributed by atoms with Crippen molar-refractivity contribution >= 4 is 28.5 Å². The minimum atomic E-state index is -0.595. The maximum atomic E-state index is 13.2. The van der Waals surface area contributed by atoms with Crippen LogP contribution in [-0.2, 0) is 4.79 Å². The average Bonchev–Trinajstić information content (AvgIpc) is 3.33. The van der Waals surface area contributed by atoms with Gasteiger partial charge in [0.15, 0.2) is 0 Å². The second-order valence-electron chi connectivity index (χ2n) is 8.21. The fourth-order valence-corrected chi connectivity index (χ4v) is 4.34. The van der Waals surface area contributed by atoms with E-state index in [1.54, 1.807) is 52.8 Å². The number of ketones is 1. The molecular weight excluding hydrogens is 432 g/mol. The summed E-state index contributed by atoms with van der Waals surface area (Å²) < 4.78 is 0. The van der Waals surface area contributed by atoms with Crippen molar-refractivity contribution in [3.05, 3.63) is 78.6 Å². The lowest BCUT2D eigenvalue weighted by atomic mass is 10.1. The Hall–Kier alpha value is -4.40. The van der Waals surface area contributed by atoms with Crippen molar-refractivity contribution in [2.75, 3.05) is 19.6 Å². The molecule has 170 valence electrons. The summed E-state index contributed by atoms with van der Waals surface area (Å²) in [6.07, 6.45) is 7.84. The molecule has 9 nitrogen and oxygen atoms in total. The maximum Gasteiger partial charge on any atom is 0.295 e. The Balaban J connectivity index is 1.35. The van der Waals surface area contributed by atoms with Crippen molar-refractivity contribution in [2.45, 2.75) is 13.0 Å². The van der Waals surface area contributed by atoms with E-state index < -0.39 is 11.7 Å². The number of nitrogens with zero attached hydrogens (tertiary/aromatic N) is 5. The highest BCUT2D eigenvalue weighted by molar-refractivity contribution is 6.45. The van der Waals surface area contributed by atoms with Gasteiger partial charge in [-0.25, -0.2) is 9.97 Å². The summed E-state index contributed by atoms with van der Waals surface area (Å²) in [7, 11) is 0. The number of hydrogen-bond acceptors (Lipinski definition) is 6. The van der Waals surface area contributed by atoms with Crippen LogP contribution in [0.3, 0.4) is 0 Å². The molecule has 0 spiro atoms. The van der Waals surface area contributed by atoms with Crippen LogP contribution in [0, 0.1) is 0 Å². The van der Waals surface area contributed by atoms with E-state index >= 15 is 0 Å². The first-order chi connectivity index (χ1) is 16.5. The summed E-state index contributed by atoms with van der Waals surface area (Å²) in [5.74, 6) is -1.25. The molecule has 1 aliphatic rings. The van der Waals surface area contributed by atoms with Gasteiger partial charge in [-0.15, -0.1) is 0 Å². The van der Waals surface area contributed by atoms with Gasteiger partial charge < -0.3 is 14.8 Å². The number of carbonyl (C=O) groups excluding carboxylic acids is 3. The van der Waals surface area contributed by atoms with Crippen molar-refractivity contribution in [3.63, 3.8) is 0 Å². The molecule has 1 saturated heterocycles. The third-order valence-electron chi connectivity index (χ3n) is 6.07. The van der Waals surface area contributed by atoms with E-state index in [1.165, 1.54) is 6.33 Å². The third kappa shape index (κ3) is 3.81. The molecule has 1 aromatic carbocycles. The van der Waals surface area contributed by atoms with E-state index in [-0.39, 0.29) is 17.5 Å². The van der Waals surface area contributed by atoms with E-state index in [0.29, 0.717) is 47.4 Å². The average molecular weight is 454 g/mol. The molecule has 4 aromatic rings. The summed E-state index contributed by atoms with van der Waals surface area (Å²) in [4.78, 5) is 58.0. The molecule has 0 saturated carbocycles. The van der Waals surface area contributed by atoms with Crippen LogP contribution in [0.4, 0.5) is 0 Å². The molecule has 1 aliphatic heterocycles. The summed E-state index contributed by atoms with van der Waals surface area (Å²) in [5, 5.41) is 0.609. The van der Waals surface area contributed by atoms with Gasteiger partial charge in [0, 0.05) is 67.0 Å². The van der Waals surface area contributed by atoms with Crippen LogP contribution in [0.5, 0.6) is 0 Å². The first-order valence-electron chi connectivity index (χ1n) is 11.0. The molecule has 3 aromatic heterocycles. The van der Waals surface area contributed by atoms with Gasteiger partial charge in [0.1, 0.15) is 6.33 Å². The van der Waals surface area contributed by atoms with Crippen LogP contribution in [0.1, 0.15) is 27.6 Å². The predicted molar refractivity (Wildman–Crippen MR) is 125 cm³/mol. The fraction of sp³-hybridized carbons (Fsp3) is 0.200. The number of piperazine rings is 1. The van der Waals surface area contributed by atoms with Crippen LogP contribution in [0.25, 0.3) is 22.2 Å². The largest absolute Gasteiger partial charge is 0.359 e. The number of rotatable bonds is 4. The van der Waals surface area contributed by atoms with Crippen molar-refractivity contribution in [1.29, 1.82) is 0 Å². The summed E-state index contributed by atoms with van der Waals surface area (Å²) in [6.45, 7) is 2.87. The number of H-pyrrole nitrogens is 1. The van der Waals surface area contributed by atoms with Gasteiger partial charge in [0.2, 0.25) is 0 Å². The Morgan fingerprint density at radius 2 is 1.79 bits per heavy atom. The van der Waals surface area contributed by atoms with Gasteiger partial charge in [0.25, 0.3) is 17.6 Å². The van der Waals surface area contributed by atoms with E-state index in [1.807, 2.05) is 25.1 Å². The maximum absolute atomic E-state index is 13.2. The number of nitrogens with one attached hydrogen (secondary N) is 1. The highest BCUT2D eigenvalue weighted by atomic mass is 16.2. The molecular formula is C25H22N6O3. The number of pyridine rings is 1. The Morgan fingerprint density at radius 3 is 2.53 bits per heavy atom. The smallest absolute Gasteiger partial charge is 0.295 e. The van der Waals surface area contributed by atoms with Crippen LogP contribution in [0.15, 0.2) is 67.5 Å². The molecule has 0 unspecified atom stereocenters. The van der Waals surface area contributed by atoms with Gasteiger partial charge in [-0.3, -0.25) is 19.4 Å². The van der Waals surface area contributed by atoms with Gasteiger partial charge >= 0.3 is 0 Å². The first kappa shape index (κ1) is 21.4. The van der Waals surface area contributed by atoms with Crippen molar-refractivity contribution in [1.82, 2.24) is 29.7 Å². The van der Waals surface area contributed by atoms with Gasteiger partial charge in [-0.2, -0.15) is 0 Å². The molecule has 1 fully saturated rings.